The highest BCUT2D eigenvalue weighted by Gasteiger charge is 2.28. The van der Waals surface area contributed by atoms with Gasteiger partial charge < -0.3 is 10.1 Å². The molecule has 0 aliphatic carbocycles. The Labute approximate surface area is 128 Å². The Bertz CT molecular complexity index is 589. The van der Waals surface area contributed by atoms with Crippen molar-refractivity contribution in [3.8, 4) is 0 Å². The summed E-state index contributed by atoms with van der Waals surface area (Å²) in [6.45, 7) is 5.04. The maximum absolute atomic E-state index is 5.64. The molecule has 0 spiro atoms. The Morgan fingerprint density at radius 1 is 1.48 bits per heavy atom. The largest absolute Gasteiger partial charge is 0.378 e. The molecule has 112 valence electrons. The molecule has 1 atom stereocenters. The number of aryl methyl sites for hydroxylation is 1. The molecule has 1 aliphatic rings. The molecule has 0 saturated carbocycles. The lowest BCUT2D eigenvalue weighted by atomic mass is 10.2. The number of ether oxygens (including phenoxy) is 1. The number of aromatic nitrogens is 3. The van der Waals surface area contributed by atoms with E-state index in [2.05, 4.69) is 25.2 Å². The van der Waals surface area contributed by atoms with E-state index in [0.29, 0.717) is 6.61 Å². The minimum Gasteiger partial charge on any atom is -0.378 e. The highest BCUT2D eigenvalue weighted by Crippen LogP contribution is 2.25. The number of nitrogens with one attached hydrogen (secondary N) is 1. The fraction of sp³-hybridized carbons (Fsp3) is 0.500. The first kappa shape index (κ1) is 14.4. The Kier molecular flexibility index (Phi) is 4.42. The van der Waals surface area contributed by atoms with Crippen molar-refractivity contribution in [2.75, 3.05) is 32.1 Å². The van der Waals surface area contributed by atoms with Gasteiger partial charge in [-0.25, -0.2) is 15.0 Å². The summed E-state index contributed by atoms with van der Waals surface area (Å²) >= 11 is 1.68. The summed E-state index contributed by atoms with van der Waals surface area (Å²) in [5, 5.41) is 6.21. The molecule has 0 aromatic carbocycles. The van der Waals surface area contributed by atoms with Crippen molar-refractivity contribution in [2.24, 2.45) is 0 Å². The molecule has 0 radical (unpaired) electrons. The van der Waals surface area contributed by atoms with Crippen LogP contribution in [0.2, 0.25) is 0 Å². The van der Waals surface area contributed by atoms with Crippen LogP contribution in [0, 0.1) is 6.92 Å². The molecule has 7 heteroatoms. The van der Waals surface area contributed by atoms with Gasteiger partial charge in [0.1, 0.15) is 16.6 Å². The van der Waals surface area contributed by atoms with E-state index in [1.165, 1.54) is 0 Å². The van der Waals surface area contributed by atoms with Crippen molar-refractivity contribution < 1.29 is 4.74 Å². The van der Waals surface area contributed by atoms with Crippen LogP contribution in [0.25, 0.3) is 0 Å². The number of nitrogens with zero attached hydrogens (tertiary/aromatic N) is 4. The van der Waals surface area contributed by atoms with Crippen LogP contribution in [0.3, 0.4) is 0 Å². The molecule has 2 aromatic rings. The minimum absolute atomic E-state index is 0.0784. The fourth-order valence-corrected chi connectivity index (χ4v) is 3.08. The minimum atomic E-state index is 0.0784. The van der Waals surface area contributed by atoms with Gasteiger partial charge in [-0.15, -0.1) is 11.3 Å². The van der Waals surface area contributed by atoms with Crippen LogP contribution in [0.5, 0.6) is 0 Å². The summed E-state index contributed by atoms with van der Waals surface area (Å²) in [5.74, 6) is 1.66. The highest BCUT2D eigenvalue weighted by molar-refractivity contribution is 7.09. The Balaban J connectivity index is 1.85. The molecule has 3 rings (SSSR count). The van der Waals surface area contributed by atoms with Crippen LogP contribution in [0.15, 0.2) is 17.6 Å². The molecule has 2 aromatic heterocycles. The van der Waals surface area contributed by atoms with Crippen molar-refractivity contribution in [3.05, 3.63) is 34.2 Å². The van der Waals surface area contributed by atoms with Crippen molar-refractivity contribution in [3.63, 3.8) is 0 Å². The SMILES string of the molecule is CNc1cc(C)nc(C2COCCN2Cc2nccs2)n1. The third kappa shape index (κ3) is 3.37. The molecule has 1 unspecified atom stereocenters. The average molecular weight is 305 g/mol. The lowest BCUT2D eigenvalue weighted by Crippen LogP contribution is -2.40. The lowest BCUT2D eigenvalue weighted by Gasteiger charge is -2.34. The van der Waals surface area contributed by atoms with E-state index in [9.17, 15) is 0 Å². The van der Waals surface area contributed by atoms with Gasteiger partial charge in [0.2, 0.25) is 0 Å². The standard InChI is InChI=1S/C14H19N5OS/c1-10-7-12(15-2)18-14(17-10)11-9-20-5-4-19(11)8-13-16-3-6-21-13/h3,6-7,11H,4-5,8-9H2,1-2H3,(H,15,17,18). The van der Waals surface area contributed by atoms with Crippen molar-refractivity contribution in [1.29, 1.82) is 0 Å². The summed E-state index contributed by atoms with van der Waals surface area (Å²) in [6, 6.07) is 2.02. The molecule has 1 N–H and O–H groups in total. The number of thiazole rings is 1. The number of hydrogen-bond acceptors (Lipinski definition) is 7. The van der Waals surface area contributed by atoms with Crippen molar-refractivity contribution in [2.45, 2.75) is 19.5 Å². The number of morpholine rings is 1. The maximum Gasteiger partial charge on any atom is 0.150 e. The number of rotatable bonds is 4. The van der Waals surface area contributed by atoms with Crippen LogP contribution in [0.1, 0.15) is 22.6 Å². The molecule has 1 aliphatic heterocycles. The Morgan fingerprint density at radius 2 is 2.38 bits per heavy atom. The quantitative estimate of drug-likeness (QED) is 0.930. The molecule has 0 bridgehead atoms. The molecule has 21 heavy (non-hydrogen) atoms. The summed E-state index contributed by atoms with van der Waals surface area (Å²) in [5.41, 5.74) is 0.962. The molecule has 3 heterocycles. The zero-order valence-corrected chi connectivity index (χ0v) is 13.1. The zero-order valence-electron chi connectivity index (χ0n) is 12.2. The maximum atomic E-state index is 5.64. The predicted molar refractivity (Wildman–Crippen MR) is 82.4 cm³/mol. The second kappa shape index (κ2) is 6.46. The Hall–Kier alpha value is -1.57. The predicted octanol–water partition coefficient (Wildman–Crippen LogP) is 1.86. The van der Waals surface area contributed by atoms with E-state index in [0.717, 1.165) is 42.0 Å². The summed E-state index contributed by atoms with van der Waals surface area (Å²) in [7, 11) is 1.87. The van der Waals surface area contributed by atoms with Gasteiger partial charge in [-0.05, 0) is 6.92 Å². The van der Waals surface area contributed by atoms with Gasteiger partial charge in [-0.3, -0.25) is 4.90 Å². The number of anilines is 1. The van der Waals surface area contributed by atoms with E-state index in [1.54, 1.807) is 11.3 Å². The monoisotopic (exact) mass is 305 g/mol. The Morgan fingerprint density at radius 3 is 3.14 bits per heavy atom. The second-order valence-electron chi connectivity index (χ2n) is 4.99. The van der Waals surface area contributed by atoms with E-state index >= 15 is 0 Å². The van der Waals surface area contributed by atoms with Gasteiger partial charge in [-0.1, -0.05) is 0 Å². The van der Waals surface area contributed by atoms with Crippen LogP contribution in [-0.4, -0.2) is 46.7 Å². The topological polar surface area (TPSA) is 63.2 Å². The van der Waals surface area contributed by atoms with Gasteiger partial charge in [-0.2, -0.15) is 0 Å². The molecular weight excluding hydrogens is 286 g/mol. The van der Waals surface area contributed by atoms with Gasteiger partial charge in [0.05, 0.1) is 25.8 Å². The van der Waals surface area contributed by atoms with E-state index in [4.69, 9.17) is 4.74 Å². The molecule has 1 saturated heterocycles. The first-order valence-corrected chi connectivity index (χ1v) is 7.87. The lowest BCUT2D eigenvalue weighted by molar-refractivity contribution is -0.0159. The van der Waals surface area contributed by atoms with Gasteiger partial charge in [0, 0.05) is 36.9 Å². The third-order valence-corrected chi connectivity index (χ3v) is 4.25. The van der Waals surface area contributed by atoms with E-state index in [1.807, 2.05) is 31.6 Å². The zero-order chi connectivity index (χ0) is 14.7. The third-order valence-electron chi connectivity index (χ3n) is 3.49. The molecule has 6 nitrogen and oxygen atoms in total. The van der Waals surface area contributed by atoms with Gasteiger partial charge in [0.25, 0.3) is 0 Å². The smallest absolute Gasteiger partial charge is 0.150 e. The normalized spacial score (nSPS) is 19.6. The van der Waals surface area contributed by atoms with E-state index < -0.39 is 0 Å². The molecule has 1 fully saturated rings. The summed E-state index contributed by atoms with van der Waals surface area (Å²) in [4.78, 5) is 15.9. The van der Waals surface area contributed by atoms with Crippen molar-refractivity contribution >= 4 is 17.2 Å². The summed E-state index contributed by atoms with van der Waals surface area (Å²) in [6.07, 6.45) is 1.84. The van der Waals surface area contributed by atoms with Crippen molar-refractivity contribution in [1.82, 2.24) is 19.9 Å². The first-order valence-electron chi connectivity index (χ1n) is 7.00. The van der Waals surface area contributed by atoms with Crippen LogP contribution < -0.4 is 5.32 Å². The summed E-state index contributed by atoms with van der Waals surface area (Å²) < 4.78 is 5.64. The van der Waals surface area contributed by atoms with E-state index in [-0.39, 0.29) is 6.04 Å². The molecular formula is C14H19N5OS. The highest BCUT2D eigenvalue weighted by atomic mass is 32.1. The van der Waals surface area contributed by atoms with Crippen LogP contribution in [-0.2, 0) is 11.3 Å². The van der Waals surface area contributed by atoms with Gasteiger partial charge >= 0.3 is 0 Å². The first-order chi connectivity index (χ1) is 10.3. The van der Waals surface area contributed by atoms with Crippen LogP contribution >= 0.6 is 11.3 Å². The average Bonchev–Trinajstić information content (AvgIpc) is 3.00. The van der Waals surface area contributed by atoms with Gasteiger partial charge in [0.15, 0.2) is 0 Å². The second-order valence-corrected chi connectivity index (χ2v) is 5.97. The fourth-order valence-electron chi connectivity index (χ4n) is 2.44. The molecule has 0 amide bonds. The number of hydrogen-bond donors (Lipinski definition) is 1. The van der Waals surface area contributed by atoms with Crippen LogP contribution in [0.4, 0.5) is 5.82 Å².